The largest absolute Gasteiger partial charge is 0.375 e. The zero-order valence-corrected chi connectivity index (χ0v) is 11.1. The van der Waals surface area contributed by atoms with E-state index in [2.05, 4.69) is 5.32 Å². The molecule has 1 aromatic carbocycles. The van der Waals surface area contributed by atoms with Gasteiger partial charge in [-0.3, -0.25) is 14.9 Å². The number of halogens is 1. The highest BCUT2D eigenvalue weighted by molar-refractivity contribution is 5.76. The SMILES string of the molecule is CCC(=O)N1CCC(Nc2ccc(F)cc2[N+](=O)[O-])C1. The molecule has 20 heavy (non-hydrogen) atoms. The van der Waals surface area contributed by atoms with Crippen molar-refractivity contribution < 1.29 is 14.1 Å². The van der Waals surface area contributed by atoms with E-state index in [1.165, 1.54) is 12.1 Å². The predicted molar refractivity (Wildman–Crippen MR) is 72.0 cm³/mol. The summed E-state index contributed by atoms with van der Waals surface area (Å²) in [6.45, 7) is 2.95. The van der Waals surface area contributed by atoms with Gasteiger partial charge in [0.15, 0.2) is 0 Å². The van der Waals surface area contributed by atoms with Gasteiger partial charge in [-0.2, -0.15) is 0 Å². The lowest BCUT2D eigenvalue weighted by Gasteiger charge is -2.17. The van der Waals surface area contributed by atoms with Crippen molar-refractivity contribution in [2.75, 3.05) is 18.4 Å². The van der Waals surface area contributed by atoms with Crippen LogP contribution in [0.4, 0.5) is 15.8 Å². The minimum atomic E-state index is -0.642. The number of hydrogen-bond acceptors (Lipinski definition) is 4. The Labute approximate surface area is 115 Å². The number of hydrogen-bond donors (Lipinski definition) is 1. The van der Waals surface area contributed by atoms with Crippen LogP contribution in [-0.2, 0) is 4.79 Å². The number of benzene rings is 1. The molecule has 0 aromatic heterocycles. The van der Waals surface area contributed by atoms with E-state index in [4.69, 9.17) is 0 Å². The maximum atomic E-state index is 13.0. The first kappa shape index (κ1) is 14.2. The second kappa shape index (κ2) is 5.85. The van der Waals surface area contributed by atoms with Crippen molar-refractivity contribution in [3.63, 3.8) is 0 Å². The number of nitrogens with zero attached hydrogens (tertiary/aromatic N) is 2. The maximum Gasteiger partial charge on any atom is 0.295 e. The number of nitro groups is 1. The minimum absolute atomic E-state index is 0.0466. The fourth-order valence-electron chi connectivity index (χ4n) is 2.33. The van der Waals surface area contributed by atoms with Gasteiger partial charge in [-0.1, -0.05) is 6.92 Å². The Bertz CT molecular complexity index is 536. The van der Waals surface area contributed by atoms with Crippen LogP contribution in [0.1, 0.15) is 19.8 Å². The molecule has 1 amide bonds. The van der Waals surface area contributed by atoms with Crippen LogP contribution in [0.2, 0.25) is 0 Å². The van der Waals surface area contributed by atoms with Crippen molar-refractivity contribution >= 4 is 17.3 Å². The molecule has 108 valence electrons. The van der Waals surface area contributed by atoms with Gasteiger partial charge in [-0.25, -0.2) is 4.39 Å². The van der Waals surface area contributed by atoms with E-state index in [1.54, 1.807) is 11.8 Å². The van der Waals surface area contributed by atoms with Crippen LogP contribution in [0, 0.1) is 15.9 Å². The second-order valence-electron chi connectivity index (χ2n) is 4.74. The fourth-order valence-corrected chi connectivity index (χ4v) is 2.33. The summed E-state index contributed by atoms with van der Waals surface area (Å²) in [5, 5.41) is 13.9. The topological polar surface area (TPSA) is 75.5 Å². The van der Waals surface area contributed by atoms with Crippen molar-refractivity contribution in [1.82, 2.24) is 4.90 Å². The van der Waals surface area contributed by atoms with Gasteiger partial charge in [0.25, 0.3) is 5.69 Å². The summed E-state index contributed by atoms with van der Waals surface area (Å²) in [6.07, 6.45) is 1.17. The zero-order valence-electron chi connectivity index (χ0n) is 11.1. The normalized spacial score (nSPS) is 18.1. The highest BCUT2D eigenvalue weighted by Gasteiger charge is 2.27. The van der Waals surface area contributed by atoms with Crippen LogP contribution < -0.4 is 5.32 Å². The molecule has 6 nitrogen and oxygen atoms in total. The summed E-state index contributed by atoms with van der Waals surface area (Å²) in [4.78, 5) is 23.6. The van der Waals surface area contributed by atoms with E-state index in [1.807, 2.05) is 0 Å². The molecule has 7 heteroatoms. The molecule has 0 saturated carbocycles. The Hall–Kier alpha value is -2.18. The molecule has 1 aliphatic rings. The number of likely N-dealkylation sites (tertiary alicyclic amines) is 1. The van der Waals surface area contributed by atoms with Crippen LogP contribution in [0.25, 0.3) is 0 Å². The molecule has 1 unspecified atom stereocenters. The molecule has 1 aliphatic heterocycles. The number of carbonyl (C=O) groups excluding carboxylic acids is 1. The van der Waals surface area contributed by atoms with Crippen molar-refractivity contribution in [2.45, 2.75) is 25.8 Å². The van der Waals surface area contributed by atoms with Gasteiger partial charge in [0.1, 0.15) is 11.5 Å². The molecule has 1 fully saturated rings. The standard InChI is InChI=1S/C13H16FN3O3/c1-2-13(18)16-6-5-10(8-16)15-11-4-3-9(14)7-12(11)17(19)20/h3-4,7,10,15H,2,5-6,8H2,1H3. The molecule has 0 radical (unpaired) electrons. The Balaban J connectivity index is 2.08. The molecule has 0 spiro atoms. The Morgan fingerprint density at radius 2 is 2.35 bits per heavy atom. The van der Waals surface area contributed by atoms with Gasteiger partial charge < -0.3 is 10.2 Å². The van der Waals surface area contributed by atoms with E-state index < -0.39 is 10.7 Å². The highest BCUT2D eigenvalue weighted by atomic mass is 19.1. The molecule has 1 aromatic rings. The van der Waals surface area contributed by atoms with E-state index >= 15 is 0 Å². The van der Waals surface area contributed by atoms with Gasteiger partial charge in [-0.15, -0.1) is 0 Å². The van der Waals surface area contributed by atoms with Crippen LogP contribution in [0.15, 0.2) is 18.2 Å². The summed E-state index contributed by atoms with van der Waals surface area (Å²) >= 11 is 0. The molecule has 1 N–H and O–H groups in total. The quantitative estimate of drug-likeness (QED) is 0.677. The molecule has 1 heterocycles. The molecule has 1 atom stereocenters. The van der Waals surface area contributed by atoms with Crippen LogP contribution in [-0.4, -0.2) is 34.9 Å². The third-order valence-corrected chi connectivity index (χ3v) is 3.36. The average Bonchev–Trinajstić information content (AvgIpc) is 2.88. The first-order chi connectivity index (χ1) is 9.51. The number of carbonyl (C=O) groups is 1. The van der Waals surface area contributed by atoms with Gasteiger partial charge in [0.2, 0.25) is 5.91 Å². The number of nitrogens with one attached hydrogen (secondary N) is 1. The van der Waals surface area contributed by atoms with Crippen molar-refractivity contribution in [2.24, 2.45) is 0 Å². The maximum absolute atomic E-state index is 13.0. The Morgan fingerprint density at radius 3 is 3.00 bits per heavy atom. The summed E-state index contributed by atoms with van der Waals surface area (Å²) in [5.74, 6) is -0.570. The first-order valence-electron chi connectivity index (χ1n) is 6.49. The van der Waals surface area contributed by atoms with Crippen molar-refractivity contribution in [3.05, 3.63) is 34.1 Å². The Kier molecular flexibility index (Phi) is 4.16. The van der Waals surface area contributed by atoms with Gasteiger partial charge in [0.05, 0.1) is 11.0 Å². The lowest BCUT2D eigenvalue weighted by molar-refractivity contribution is -0.384. The first-order valence-corrected chi connectivity index (χ1v) is 6.49. The van der Waals surface area contributed by atoms with E-state index in [9.17, 15) is 19.3 Å². The lowest BCUT2D eigenvalue weighted by atomic mass is 10.2. The third-order valence-electron chi connectivity index (χ3n) is 3.36. The molecule has 1 saturated heterocycles. The number of nitro benzene ring substituents is 1. The summed E-state index contributed by atoms with van der Waals surface area (Å²) in [7, 11) is 0. The van der Waals surface area contributed by atoms with E-state index in [-0.39, 0.29) is 23.3 Å². The van der Waals surface area contributed by atoms with Gasteiger partial charge >= 0.3 is 0 Å². The molecular formula is C13H16FN3O3. The van der Waals surface area contributed by atoms with E-state index in [0.717, 1.165) is 12.5 Å². The smallest absolute Gasteiger partial charge is 0.295 e. The van der Waals surface area contributed by atoms with Crippen molar-refractivity contribution in [3.8, 4) is 0 Å². The fraction of sp³-hybridized carbons (Fsp3) is 0.462. The number of anilines is 1. The molecule has 0 bridgehead atoms. The van der Waals surface area contributed by atoms with E-state index in [0.29, 0.717) is 19.5 Å². The molecule has 2 rings (SSSR count). The molecular weight excluding hydrogens is 265 g/mol. The zero-order chi connectivity index (χ0) is 14.7. The van der Waals surface area contributed by atoms with Crippen molar-refractivity contribution in [1.29, 1.82) is 0 Å². The third kappa shape index (κ3) is 3.04. The monoisotopic (exact) mass is 281 g/mol. The molecule has 0 aliphatic carbocycles. The second-order valence-corrected chi connectivity index (χ2v) is 4.74. The summed E-state index contributed by atoms with van der Waals surface area (Å²) < 4.78 is 13.0. The predicted octanol–water partition coefficient (Wildman–Crippen LogP) is 2.16. The van der Waals surface area contributed by atoms with Crippen LogP contribution in [0.5, 0.6) is 0 Å². The van der Waals surface area contributed by atoms with Gasteiger partial charge in [-0.05, 0) is 18.6 Å². The Morgan fingerprint density at radius 1 is 1.60 bits per heavy atom. The minimum Gasteiger partial charge on any atom is -0.375 e. The lowest BCUT2D eigenvalue weighted by Crippen LogP contribution is -2.31. The van der Waals surface area contributed by atoms with Crippen LogP contribution in [0.3, 0.4) is 0 Å². The van der Waals surface area contributed by atoms with Gasteiger partial charge in [0, 0.05) is 25.6 Å². The number of rotatable bonds is 4. The summed E-state index contributed by atoms with van der Waals surface area (Å²) in [6, 6.07) is 3.39. The van der Waals surface area contributed by atoms with Crippen LogP contribution >= 0.6 is 0 Å². The number of amides is 1. The highest BCUT2D eigenvalue weighted by Crippen LogP contribution is 2.27. The average molecular weight is 281 g/mol. The summed E-state index contributed by atoms with van der Waals surface area (Å²) in [5.41, 5.74) is -0.00235.